The molecule has 0 saturated heterocycles. The number of carbonyl (C=O) groups is 1. The number of fused-ring (bicyclic) bond motifs is 1. The zero-order valence-corrected chi connectivity index (χ0v) is 10.2. The van der Waals surface area contributed by atoms with Crippen molar-refractivity contribution in [2.75, 3.05) is 20.8 Å². The lowest BCUT2D eigenvalue weighted by atomic mass is 9.90. The molecule has 2 rings (SSSR count). The maximum atomic E-state index is 11.8. The summed E-state index contributed by atoms with van der Waals surface area (Å²) in [6, 6.07) is 7.90. The van der Waals surface area contributed by atoms with E-state index >= 15 is 0 Å². The molecule has 0 aromatic heterocycles. The molecule has 0 aliphatic carbocycles. The Labute approximate surface area is 101 Å². The van der Waals surface area contributed by atoms with Crippen LogP contribution in [0.3, 0.4) is 0 Å². The third kappa shape index (κ3) is 2.58. The van der Waals surface area contributed by atoms with Crippen LogP contribution in [0.5, 0.6) is 5.75 Å². The Bertz CT molecular complexity index is 405. The average molecular weight is 235 g/mol. The molecule has 1 unspecified atom stereocenters. The molecule has 1 aromatic carbocycles. The minimum Gasteiger partial charge on any atom is -0.493 e. The van der Waals surface area contributed by atoms with Crippen LogP contribution >= 0.6 is 0 Å². The number of ether oxygens (including phenoxy) is 1. The predicted octanol–water partition coefficient (Wildman–Crippen LogP) is 1.96. The van der Waals surface area contributed by atoms with Crippen molar-refractivity contribution >= 4 is 5.91 Å². The monoisotopic (exact) mass is 235 g/mol. The number of rotatable bonds is 3. The molecule has 0 saturated carbocycles. The number of para-hydroxylation sites is 1. The van der Waals surface area contributed by atoms with Crippen molar-refractivity contribution in [2.24, 2.45) is 0 Å². The van der Waals surface area contributed by atoms with Gasteiger partial charge in [0.1, 0.15) is 5.75 Å². The number of amides is 1. The van der Waals surface area contributed by atoms with Crippen LogP contribution in [-0.4, -0.2) is 31.7 Å². The maximum absolute atomic E-state index is 11.8. The van der Waals surface area contributed by atoms with Crippen molar-refractivity contribution in [1.82, 2.24) is 5.06 Å². The van der Waals surface area contributed by atoms with Crippen LogP contribution in [0.1, 0.15) is 24.3 Å². The van der Waals surface area contributed by atoms with Crippen molar-refractivity contribution < 1.29 is 14.4 Å². The molecular formula is C13H17NO3. The van der Waals surface area contributed by atoms with Gasteiger partial charge in [-0.2, -0.15) is 0 Å². The summed E-state index contributed by atoms with van der Waals surface area (Å²) in [5.41, 5.74) is 1.12. The van der Waals surface area contributed by atoms with Gasteiger partial charge < -0.3 is 4.74 Å². The van der Waals surface area contributed by atoms with Crippen LogP contribution in [0.15, 0.2) is 24.3 Å². The number of hydroxylamine groups is 2. The molecule has 1 heterocycles. The molecule has 4 heteroatoms. The second kappa shape index (κ2) is 5.19. The highest BCUT2D eigenvalue weighted by Crippen LogP contribution is 2.35. The lowest BCUT2D eigenvalue weighted by Crippen LogP contribution is -2.28. The Balaban J connectivity index is 2.11. The van der Waals surface area contributed by atoms with Gasteiger partial charge in [-0.1, -0.05) is 18.2 Å². The van der Waals surface area contributed by atoms with Crippen LogP contribution in [0.2, 0.25) is 0 Å². The minimum absolute atomic E-state index is 0.00537. The molecule has 1 aromatic rings. The van der Waals surface area contributed by atoms with E-state index in [0.717, 1.165) is 17.7 Å². The zero-order valence-electron chi connectivity index (χ0n) is 10.2. The Morgan fingerprint density at radius 1 is 1.53 bits per heavy atom. The fourth-order valence-electron chi connectivity index (χ4n) is 2.07. The molecular weight excluding hydrogens is 218 g/mol. The number of carbonyl (C=O) groups excluding carboxylic acids is 1. The molecule has 1 aliphatic heterocycles. The molecule has 1 amide bonds. The zero-order chi connectivity index (χ0) is 12.3. The van der Waals surface area contributed by atoms with E-state index in [4.69, 9.17) is 9.57 Å². The van der Waals surface area contributed by atoms with E-state index in [1.165, 1.54) is 12.2 Å². The topological polar surface area (TPSA) is 38.8 Å². The minimum atomic E-state index is -0.00537. The fraction of sp³-hybridized carbons (Fsp3) is 0.462. The number of hydrogen-bond acceptors (Lipinski definition) is 3. The third-order valence-corrected chi connectivity index (χ3v) is 3.13. The van der Waals surface area contributed by atoms with Crippen LogP contribution in [0.25, 0.3) is 0 Å². The van der Waals surface area contributed by atoms with Gasteiger partial charge >= 0.3 is 0 Å². The summed E-state index contributed by atoms with van der Waals surface area (Å²) >= 11 is 0. The maximum Gasteiger partial charge on any atom is 0.246 e. The van der Waals surface area contributed by atoms with Crippen molar-refractivity contribution in [1.29, 1.82) is 0 Å². The third-order valence-electron chi connectivity index (χ3n) is 3.13. The van der Waals surface area contributed by atoms with Crippen LogP contribution in [-0.2, 0) is 9.63 Å². The second-order valence-corrected chi connectivity index (χ2v) is 4.15. The van der Waals surface area contributed by atoms with Crippen LogP contribution in [0.4, 0.5) is 0 Å². The molecule has 1 atom stereocenters. The van der Waals surface area contributed by atoms with E-state index in [0.29, 0.717) is 13.0 Å². The highest BCUT2D eigenvalue weighted by Gasteiger charge is 2.24. The molecule has 0 N–H and O–H groups in total. The Hall–Kier alpha value is -1.55. The van der Waals surface area contributed by atoms with Gasteiger partial charge in [0, 0.05) is 13.5 Å². The fourth-order valence-corrected chi connectivity index (χ4v) is 2.07. The average Bonchev–Trinajstić information content (AvgIpc) is 2.38. The van der Waals surface area contributed by atoms with E-state index in [1.54, 1.807) is 7.05 Å². The number of nitrogens with zero attached hydrogens (tertiary/aromatic N) is 1. The smallest absolute Gasteiger partial charge is 0.246 e. The summed E-state index contributed by atoms with van der Waals surface area (Å²) in [5.74, 6) is 1.12. The summed E-state index contributed by atoms with van der Waals surface area (Å²) in [4.78, 5) is 16.7. The first-order valence-electron chi connectivity index (χ1n) is 5.74. The van der Waals surface area contributed by atoms with Gasteiger partial charge in [0.05, 0.1) is 13.7 Å². The second-order valence-electron chi connectivity index (χ2n) is 4.15. The predicted molar refractivity (Wildman–Crippen MR) is 63.7 cm³/mol. The highest BCUT2D eigenvalue weighted by atomic mass is 16.7. The van der Waals surface area contributed by atoms with E-state index in [-0.39, 0.29) is 11.8 Å². The van der Waals surface area contributed by atoms with Crippen molar-refractivity contribution in [2.45, 2.75) is 18.8 Å². The van der Waals surface area contributed by atoms with E-state index < -0.39 is 0 Å². The Morgan fingerprint density at radius 3 is 3.06 bits per heavy atom. The van der Waals surface area contributed by atoms with Crippen molar-refractivity contribution in [3.8, 4) is 5.75 Å². The van der Waals surface area contributed by atoms with Gasteiger partial charge in [-0.05, 0) is 24.0 Å². The van der Waals surface area contributed by atoms with Crippen molar-refractivity contribution in [3.05, 3.63) is 29.8 Å². The SMILES string of the molecule is CON(C)C(=O)CC1CCOc2ccccc21. The summed E-state index contributed by atoms with van der Waals surface area (Å²) in [6.07, 6.45) is 1.34. The lowest BCUT2D eigenvalue weighted by molar-refractivity contribution is -0.169. The lowest BCUT2D eigenvalue weighted by Gasteiger charge is -2.26. The Morgan fingerprint density at radius 2 is 2.29 bits per heavy atom. The van der Waals surface area contributed by atoms with Crippen LogP contribution in [0, 0.1) is 0 Å². The van der Waals surface area contributed by atoms with E-state index in [9.17, 15) is 4.79 Å². The molecule has 4 nitrogen and oxygen atoms in total. The van der Waals surface area contributed by atoms with Gasteiger partial charge in [0.2, 0.25) is 5.91 Å². The van der Waals surface area contributed by atoms with Crippen molar-refractivity contribution in [3.63, 3.8) is 0 Å². The quantitative estimate of drug-likeness (QED) is 0.752. The van der Waals surface area contributed by atoms with Gasteiger partial charge in [-0.3, -0.25) is 9.63 Å². The molecule has 0 spiro atoms. The molecule has 92 valence electrons. The highest BCUT2D eigenvalue weighted by molar-refractivity contribution is 5.76. The van der Waals surface area contributed by atoms with Gasteiger partial charge in [-0.15, -0.1) is 0 Å². The van der Waals surface area contributed by atoms with Gasteiger partial charge in [0.25, 0.3) is 0 Å². The first-order chi connectivity index (χ1) is 8.22. The standard InChI is InChI=1S/C13H17NO3/c1-14(16-2)13(15)9-10-7-8-17-12-6-4-3-5-11(10)12/h3-6,10H,7-9H2,1-2H3. The molecule has 1 aliphatic rings. The molecule has 0 bridgehead atoms. The summed E-state index contributed by atoms with van der Waals surface area (Å²) in [6.45, 7) is 0.672. The molecule has 0 radical (unpaired) electrons. The summed E-state index contributed by atoms with van der Waals surface area (Å²) in [5, 5.41) is 1.28. The van der Waals surface area contributed by atoms with Gasteiger partial charge in [0.15, 0.2) is 0 Å². The molecule has 17 heavy (non-hydrogen) atoms. The number of benzene rings is 1. The first kappa shape index (κ1) is 11.9. The largest absolute Gasteiger partial charge is 0.493 e. The van der Waals surface area contributed by atoms with E-state index in [2.05, 4.69) is 0 Å². The first-order valence-corrected chi connectivity index (χ1v) is 5.74. The van der Waals surface area contributed by atoms with Crippen LogP contribution < -0.4 is 4.74 Å². The summed E-state index contributed by atoms with van der Waals surface area (Å²) < 4.78 is 5.57. The number of hydrogen-bond donors (Lipinski definition) is 0. The normalized spacial score (nSPS) is 18.1. The van der Waals surface area contributed by atoms with Gasteiger partial charge in [-0.25, -0.2) is 5.06 Å². The summed E-state index contributed by atoms with van der Waals surface area (Å²) in [7, 11) is 3.13. The Kier molecular flexibility index (Phi) is 3.64. The van der Waals surface area contributed by atoms with E-state index in [1.807, 2.05) is 24.3 Å². The molecule has 0 fully saturated rings.